The van der Waals surface area contributed by atoms with E-state index in [1.54, 1.807) is 4.90 Å². The van der Waals surface area contributed by atoms with Crippen LogP contribution in [-0.4, -0.2) is 49.1 Å². The zero-order chi connectivity index (χ0) is 13.5. The van der Waals surface area contributed by atoms with Gasteiger partial charge in [0.25, 0.3) is 0 Å². The topological polar surface area (TPSA) is 49.8 Å². The molecule has 0 fully saturated rings. The van der Waals surface area contributed by atoms with Crippen LogP contribution >= 0.6 is 0 Å². The lowest BCUT2D eigenvalue weighted by Gasteiger charge is -2.18. The first-order valence-corrected chi connectivity index (χ1v) is 5.82. The minimum Gasteiger partial charge on any atom is -0.494 e. The number of carbonyl (C=O) groups excluding carboxylic acids is 1. The highest BCUT2D eigenvalue weighted by molar-refractivity contribution is 5.97. The van der Waals surface area contributed by atoms with Crippen molar-refractivity contribution in [1.82, 2.24) is 4.90 Å². The Kier molecular flexibility index (Phi) is 5.74. The lowest BCUT2D eigenvalue weighted by molar-refractivity contribution is 0.0919. The van der Waals surface area contributed by atoms with Crippen molar-refractivity contribution in [1.29, 1.82) is 0 Å². The molecule has 0 aliphatic rings. The maximum absolute atomic E-state index is 13.4. The standard InChI is InChI=1S/C13H18FNO3/c1-3-15(6-7-16)9-12(17)10-4-5-13(18-2)11(14)8-10/h4-5,8,16H,3,6-7,9H2,1-2H3. The van der Waals surface area contributed by atoms with Gasteiger partial charge in [0.05, 0.1) is 20.3 Å². The summed E-state index contributed by atoms with van der Waals surface area (Å²) in [6.45, 7) is 3.16. The molecule has 1 aromatic rings. The van der Waals surface area contributed by atoms with E-state index in [9.17, 15) is 9.18 Å². The SMILES string of the molecule is CCN(CCO)CC(=O)c1ccc(OC)c(F)c1. The summed E-state index contributed by atoms with van der Waals surface area (Å²) >= 11 is 0. The summed E-state index contributed by atoms with van der Waals surface area (Å²) in [6.07, 6.45) is 0. The van der Waals surface area contributed by atoms with Crippen LogP contribution in [-0.2, 0) is 0 Å². The Balaban J connectivity index is 2.74. The van der Waals surface area contributed by atoms with E-state index in [-0.39, 0.29) is 24.7 Å². The van der Waals surface area contributed by atoms with Crippen molar-refractivity contribution >= 4 is 5.78 Å². The van der Waals surface area contributed by atoms with Crippen molar-refractivity contribution in [2.75, 3.05) is 33.4 Å². The number of rotatable bonds is 7. The zero-order valence-electron chi connectivity index (χ0n) is 10.6. The molecule has 0 unspecified atom stereocenters. The van der Waals surface area contributed by atoms with Crippen LogP contribution in [0, 0.1) is 5.82 Å². The molecule has 0 spiro atoms. The Labute approximate surface area is 106 Å². The summed E-state index contributed by atoms with van der Waals surface area (Å²) in [5.41, 5.74) is 0.310. The number of ketones is 1. The van der Waals surface area contributed by atoms with Crippen LogP contribution in [0.15, 0.2) is 18.2 Å². The summed E-state index contributed by atoms with van der Waals surface area (Å²) in [4.78, 5) is 13.7. The number of carbonyl (C=O) groups is 1. The van der Waals surface area contributed by atoms with Crippen molar-refractivity contribution in [2.45, 2.75) is 6.92 Å². The number of aliphatic hydroxyl groups excluding tert-OH is 1. The molecule has 0 saturated carbocycles. The fraction of sp³-hybridized carbons (Fsp3) is 0.462. The lowest BCUT2D eigenvalue weighted by Crippen LogP contribution is -2.32. The maximum atomic E-state index is 13.4. The fourth-order valence-electron chi connectivity index (χ4n) is 1.62. The van der Waals surface area contributed by atoms with Crippen molar-refractivity contribution < 1.29 is 19.0 Å². The van der Waals surface area contributed by atoms with Crippen LogP contribution in [0.4, 0.5) is 4.39 Å². The third kappa shape index (κ3) is 3.78. The molecule has 4 nitrogen and oxygen atoms in total. The minimum atomic E-state index is -0.548. The summed E-state index contributed by atoms with van der Waals surface area (Å²) in [6, 6.07) is 4.15. The predicted octanol–water partition coefficient (Wildman–Crippen LogP) is 1.33. The second-order valence-electron chi connectivity index (χ2n) is 3.86. The number of nitrogens with zero attached hydrogens (tertiary/aromatic N) is 1. The van der Waals surface area contributed by atoms with E-state index in [4.69, 9.17) is 9.84 Å². The molecule has 0 radical (unpaired) electrons. The fourth-order valence-corrected chi connectivity index (χ4v) is 1.62. The Morgan fingerprint density at radius 3 is 2.72 bits per heavy atom. The van der Waals surface area contributed by atoms with Gasteiger partial charge >= 0.3 is 0 Å². The molecule has 0 saturated heterocycles. The molecule has 0 bridgehead atoms. The van der Waals surface area contributed by atoms with Gasteiger partial charge in [-0.25, -0.2) is 4.39 Å². The van der Waals surface area contributed by atoms with Gasteiger partial charge < -0.3 is 9.84 Å². The van der Waals surface area contributed by atoms with Crippen LogP contribution in [0.5, 0.6) is 5.75 Å². The molecule has 1 N–H and O–H groups in total. The smallest absolute Gasteiger partial charge is 0.176 e. The maximum Gasteiger partial charge on any atom is 0.176 e. The van der Waals surface area contributed by atoms with E-state index in [2.05, 4.69) is 0 Å². The van der Waals surface area contributed by atoms with Crippen molar-refractivity contribution in [3.63, 3.8) is 0 Å². The van der Waals surface area contributed by atoms with Gasteiger partial charge in [-0.1, -0.05) is 6.92 Å². The quantitative estimate of drug-likeness (QED) is 0.747. The summed E-state index contributed by atoms with van der Waals surface area (Å²) in [5, 5.41) is 8.83. The second kappa shape index (κ2) is 7.08. The van der Waals surface area contributed by atoms with Crippen LogP contribution in [0.25, 0.3) is 0 Å². The molecule has 0 atom stereocenters. The predicted molar refractivity (Wildman–Crippen MR) is 66.5 cm³/mol. The molecule has 18 heavy (non-hydrogen) atoms. The average Bonchev–Trinajstić information content (AvgIpc) is 2.37. The van der Waals surface area contributed by atoms with Crippen LogP contribution in [0.1, 0.15) is 17.3 Å². The largest absolute Gasteiger partial charge is 0.494 e. The van der Waals surface area contributed by atoms with Gasteiger partial charge in [0, 0.05) is 12.1 Å². The number of aliphatic hydroxyl groups is 1. The number of Topliss-reactive ketones (excluding diaryl/α,β-unsaturated/α-hetero) is 1. The summed E-state index contributed by atoms with van der Waals surface area (Å²) in [7, 11) is 1.37. The van der Waals surface area contributed by atoms with Gasteiger partial charge in [-0.15, -0.1) is 0 Å². The number of hydrogen-bond acceptors (Lipinski definition) is 4. The molecule has 1 aromatic carbocycles. The molecule has 100 valence electrons. The number of benzene rings is 1. The molecule has 1 rings (SSSR count). The Morgan fingerprint density at radius 1 is 1.50 bits per heavy atom. The molecule has 0 aliphatic heterocycles. The van der Waals surface area contributed by atoms with Gasteiger partial charge in [-0.3, -0.25) is 9.69 Å². The number of ether oxygens (including phenoxy) is 1. The number of likely N-dealkylation sites (N-methyl/N-ethyl adjacent to an activating group) is 1. The van der Waals surface area contributed by atoms with E-state index >= 15 is 0 Å². The second-order valence-corrected chi connectivity index (χ2v) is 3.86. The molecule has 0 heterocycles. The summed E-state index contributed by atoms with van der Waals surface area (Å²) in [5.74, 6) is -0.602. The third-order valence-corrected chi connectivity index (χ3v) is 2.70. The number of methoxy groups -OCH3 is 1. The molecule has 5 heteroatoms. The molecule has 0 aromatic heterocycles. The zero-order valence-corrected chi connectivity index (χ0v) is 10.6. The monoisotopic (exact) mass is 255 g/mol. The first-order chi connectivity index (χ1) is 8.62. The Bertz CT molecular complexity index is 409. The van der Waals surface area contributed by atoms with Gasteiger partial charge in [0.15, 0.2) is 17.3 Å². The number of halogens is 1. The van der Waals surface area contributed by atoms with Crippen molar-refractivity contribution in [3.8, 4) is 5.75 Å². The van der Waals surface area contributed by atoms with Gasteiger partial charge in [0.1, 0.15) is 0 Å². The Hall–Kier alpha value is -1.46. The average molecular weight is 255 g/mol. The highest BCUT2D eigenvalue weighted by Gasteiger charge is 2.13. The highest BCUT2D eigenvalue weighted by atomic mass is 19.1. The van der Waals surface area contributed by atoms with Gasteiger partial charge in [0.2, 0.25) is 0 Å². The lowest BCUT2D eigenvalue weighted by atomic mass is 10.1. The first kappa shape index (κ1) is 14.6. The molecular formula is C13H18FNO3. The molecule has 0 aliphatic carbocycles. The van der Waals surface area contributed by atoms with E-state index in [1.807, 2.05) is 6.92 Å². The molecule has 0 amide bonds. The van der Waals surface area contributed by atoms with E-state index in [0.29, 0.717) is 18.7 Å². The van der Waals surface area contributed by atoms with E-state index in [1.165, 1.54) is 25.3 Å². The van der Waals surface area contributed by atoms with Crippen LogP contribution < -0.4 is 4.74 Å². The highest BCUT2D eigenvalue weighted by Crippen LogP contribution is 2.18. The summed E-state index contributed by atoms with van der Waals surface area (Å²) < 4.78 is 18.2. The van der Waals surface area contributed by atoms with Crippen LogP contribution in [0.3, 0.4) is 0 Å². The third-order valence-electron chi connectivity index (χ3n) is 2.70. The Morgan fingerprint density at radius 2 is 2.22 bits per heavy atom. The van der Waals surface area contributed by atoms with Crippen molar-refractivity contribution in [2.24, 2.45) is 0 Å². The van der Waals surface area contributed by atoms with Crippen molar-refractivity contribution in [3.05, 3.63) is 29.6 Å². The molecular weight excluding hydrogens is 237 g/mol. The van der Waals surface area contributed by atoms with Gasteiger partial charge in [-0.2, -0.15) is 0 Å². The normalized spacial score (nSPS) is 10.7. The van der Waals surface area contributed by atoms with E-state index < -0.39 is 5.82 Å². The van der Waals surface area contributed by atoms with E-state index in [0.717, 1.165) is 0 Å². The number of hydrogen-bond donors (Lipinski definition) is 1. The first-order valence-electron chi connectivity index (χ1n) is 5.82. The van der Waals surface area contributed by atoms with Gasteiger partial charge in [-0.05, 0) is 24.7 Å². The van der Waals surface area contributed by atoms with Crippen LogP contribution in [0.2, 0.25) is 0 Å². The minimum absolute atomic E-state index is 0.00189.